The zero-order valence-electron chi connectivity index (χ0n) is 9.42. The number of hydrogen-bond acceptors (Lipinski definition) is 4. The van der Waals surface area contributed by atoms with Gasteiger partial charge in [-0.25, -0.2) is 0 Å². The number of aromatic nitrogens is 1. The Hall–Kier alpha value is -2.87. The molecule has 2 aromatic rings. The highest BCUT2D eigenvalue weighted by atomic mass is 16.1. The van der Waals surface area contributed by atoms with Gasteiger partial charge in [-0.1, -0.05) is 0 Å². The van der Waals surface area contributed by atoms with E-state index in [0.717, 1.165) is 0 Å². The Morgan fingerprint density at radius 1 is 1.28 bits per heavy atom. The lowest BCUT2D eigenvalue weighted by atomic mass is 10.2. The highest BCUT2D eigenvalue weighted by Crippen LogP contribution is 2.13. The topological polar surface area (TPSA) is 91.8 Å². The van der Waals surface area contributed by atoms with Gasteiger partial charge in [0.1, 0.15) is 0 Å². The van der Waals surface area contributed by atoms with Crippen LogP contribution in [0.2, 0.25) is 0 Å². The lowest BCUT2D eigenvalue weighted by Gasteiger charge is -2.06. The first-order valence-corrected chi connectivity index (χ1v) is 5.21. The van der Waals surface area contributed by atoms with Crippen molar-refractivity contribution in [2.24, 2.45) is 0 Å². The molecule has 1 amide bonds. The molecule has 0 aliphatic heterocycles. The van der Waals surface area contributed by atoms with E-state index in [1.165, 1.54) is 12.4 Å². The number of rotatable bonds is 2. The van der Waals surface area contributed by atoms with Gasteiger partial charge in [0.25, 0.3) is 5.91 Å². The molecule has 0 aliphatic rings. The summed E-state index contributed by atoms with van der Waals surface area (Å²) in [5, 5.41) is 11.3. The molecule has 0 bridgehead atoms. The molecule has 0 atom stereocenters. The number of nitrogens with zero attached hydrogens (tertiary/aromatic N) is 2. The predicted molar refractivity (Wildman–Crippen MR) is 67.8 cm³/mol. The second kappa shape index (κ2) is 4.97. The highest BCUT2D eigenvalue weighted by Gasteiger charge is 2.09. The average molecular weight is 238 g/mol. The van der Waals surface area contributed by atoms with Crippen LogP contribution in [-0.4, -0.2) is 10.9 Å². The third-order valence-corrected chi connectivity index (χ3v) is 2.37. The molecular formula is C13H10N4O. The van der Waals surface area contributed by atoms with Crippen LogP contribution < -0.4 is 11.1 Å². The zero-order valence-corrected chi connectivity index (χ0v) is 9.42. The number of benzene rings is 1. The van der Waals surface area contributed by atoms with Gasteiger partial charge in [-0.3, -0.25) is 9.78 Å². The number of nitriles is 1. The van der Waals surface area contributed by atoms with Crippen LogP contribution in [0.1, 0.15) is 15.9 Å². The Balaban J connectivity index is 2.17. The summed E-state index contributed by atoms with van der Waals surface area (Å²) >= 11 is 0. The maximum absolute atomic E-state index is 11.9. The number of nitrogen functional groups attached to an aromatic ring is 1. The number of hydrogen-bond donors (Lipinski definition) is 2. The second-order valence-corrected chi connectivity index (χ2v) is 3.61. The molecule has 3 N–H and O–H groups in total. The van der Waals surface area contributed by atoms with Gasteiger partial charge in [0.2, 0.25) is 0 Å². The molecule has 0 fully saturated rings. The first kappa shape index (κ1) is 11.6. The summed E-state index contributed by atoms with van der Waals surface area (Å²) in [7, 11) is 0. The Labute approximate surface area is 104 Å². The van der Waals surface area contributed by atoms with Crippen LogP contribution in [0, 0.1) is 11.3 Å². The van der Waals surface area contributed by atoms with Gasteiger partial charge in [-0.15, -0.1) is 0 Å². The first-order chi connectivity index (χ1) is 8.70. The molecule has 1 heterocycles. The minimum Gasteiger partial charge on any atom is -0.398 e. The van der Waals surface area contributed by atoms with Gasteiger partial charge in [-0.05, 0) is 30.3 Å². The van der Waals surface area contributed by atoms with Crippen molar-refractivity contribution in [1.29, 1.82) is 5.26 Å². The molecule has 18 heavy (non-hydrogen) atoms. The van der Waals surface area contributed by atoms with Gasteiger partial charge in [-0.2, -0.15) is 5.26 Å². The van der Waals surface area contributed by atoms with Crippen LogP contribution in [0.3, 0.4) is 0 Å². The van der Waals surface area contributed by atoms with Crippen LogP contribution in [-0.2, 0) is 0 Å². The summed E-state index contributed by atoms with van der Waals surface area (Å²) in [6, 6.07) is 10.1. The van der Waals surface area contributed by atoms with Crippen molar-refractivity contribution in [3.8, 4) is 6.07 Å². The standard InChI is InChI=1S/C13H10N4O/c14-7-9-1-3-10(4-2-9)17-13(18)11-8-16-6-5-12(11)15/h1-6,8H,(H2,15,16)(H,17,18). The van der Waals surface area contributed by atoms with Gasteiger partial charge >= 0.3 is 0 Å². The summed E-state index contributed by atoms with van der Waals surface area (Å²) < 4.78 is 0. The summed E-state index contributed by atoms with van der Waals surface area (Å²) in [6.07, 6.45) is 2.93. The van der Waals surface area contributed by atoms with Crippen LogP contribution in [0.5, 0.6) is 0 Å². The molecule has 0 saturated heterocycles. The quantitative estimate of drug-likeness (QED) is 0.834. The van der Waals surface area contributed by atoms with Gasteiger partial charge in [0, 0.05) is 23.8 Å². The van der Waals surface area contributed by atoms with Crippen LogP contribution in [0.4, 0.5) is 11.4 Å². The third kappa shape index (κ3) is 2.44. The monoisotopic (exact) mass is 238 g/mol. The molecule has 88 valence electrons. The molecule has 0 spiro atoms. The molecule has 2 rings (SSSR count). The summed E-state index contributed by atoms with van der Waals surface area (Å²) in [4.78, 5) is 15.7. The lowest BCUT2D eigenvalue weighted by molar-refractivity contribution is 0.102. The summed E-state index contributed by atoms with van der Waals surface area (Å²) in [5.74, 6) is -0.328. The van der Waals surface area contributed by atoms with E-state index in [4.69, 9.17) is 11.0 Å². The Kier molecular flexibility index (Phi) is 3.21. The average Bonchev–Trinajstić information content (AvgIpc) is 2.40. The van der Waals surface area contributed by atoms with Crippen LogP contribution in [0.15, 0.2) is 42.7 Å². The molecule has 0 radical (unpaired) electrons. The molecule has 1 aromatic carbocycles. The number of amides is 1. The van der Waals surface area contributed by atoms with Crippen molar-refractivity contribution in [3.05, 3.63) is 53.9 Å². The van der Waals surface area contributed by atoms with Crippen LogP contribution >= 0.6 is 0 Å². The summed E-state index contributed by atoms with van der Waals surface area (Å²) in [6.45, 7) is 0. The van der Waals surface area contributed by atoms with Gasteiger partial charge in [0.05, 0.1) is 17.2 Å². The van der Waals surface area contributed by atoms with Crippen molar-refractivity contribution in [2.75, 3.05) is 11.1 Å². The Morgan fingerprint density at radius 3 is 2.61 bits per heavy atom. The highest BCUT2D eigenvalue weighted by molar-refractivity contribution is 6.07. The number of nitrogens with one attached hydrogen (secondary N) is 1. The van der Waals surface area contributed by atoms with Crippen molar-refractivity contribution in [1.82, 2.24) is 4.98 Å². The second-order valence-electron chi connectivity index (χ2n) is 3.61. The number of pyridine rings is 1. The largest absolute Gasteiger partial charge is 0.398 e. The third-order valence-electron chi connectivity index (χ3n) is 2.37. The van der Waals surface area contributed by atoms with E-state index >= 15 is 0 Å². The van der Waals surface area contributed by atoms with E-state index in [0.29, 0.717) is 22.5 Å². The maximum atomic E-state index is 11.9. The number of carbonyl (C=O) groups excluding carboxylic acids is 1. The Morgan fingerprint density at radius 2 is 2.00 bits per heavy atom. The SMILES string of the molecule is N#Cc1ccc(NC(=O)c2cnccc2N)cc1. The van der Waals surface area contributed by atoms with E-state index in [2.05, 4.69) is 10.3 Å². The smallest absolute Gasteiger partial charge is 0.259 e. The van der Waals surface area contributed by atoms with Crippen molar-refractivity contribution in [3.63, 3.8) is 0 Å². The van der Waals surface area contributed by atoms with Crippen LogP contribution in [0.25, 0.3) is 0 Å². The van der Waals surface area contributed by atoms with Crippen molar-refractivity contribution < 1.29 is 4.79 Å². The molecule has 5 heteroatoms. The van der Waals surface area contributed by atoms with E-state index in [-0.39, 0.29) is 5.91 Å². The summed E-state index contributed by atoms with van der Waals surface area (Å²) in [5.41, 5.74) is 7.50. The normalized spacial score (nSPS) is 9.50. The van der Waals surface area contributed by atoms with E-state index in [1.807, 2.05) is 6.07 Å². The van der Waals surface area contributed by atoms with E-state index in [9.17, 15) is 4.79 Å². The van der Waals surface area contributed by atoms with Crippen molar-refractivity contribution >= 4 is 17.3 Å². The van der Waals surface area contributed by atoms with E-state index in [1.54, 1.807) is 30.3 Å². The molecule has 1 aromatic heterocycles. The molecule has 0 unspecified atom stereocenters. The maximum Gasteiger partial charge on any atom is 0.259 e. The first-order valence-electron chi connectivity index (χ1n) is 5.21. The minimum atomic E-state index is -0.328. The Bertz CT molecular complexity index is 614. The van der Waals surface area contributed by atoms with Gasteiger partial charge in [0.15, 0.2) is 0 Å². The fraction of sp³-hybridized carbons (Fsp3) is 0. The lowest BCUT2D eigenvalue weighted by Crippen LogP contribution is -2.14. The molecular weight excluding hydrogens is 228 g/mol. The van der Waals surface area contributed by atoms with E-state index < -0.39 is 0 Å². The fourth-order valence-electron chi connectivity index (χ4n) is 1.42. The number of nitrogens with two attached hydrogens (primary N) is 1. The molecule has 0 saturated carbocycles. The van der Waals surface area contributed by atoms with Gasteiger partial charge < -0.3 is 11.1 Å². The number of carbonyl (C=O) groups is 1. The minimum absolute atomic E-state index is 0.321. The number of anilines is 2. The molecule has 0 aliphatic carbocycles. The molecule has 5 nitrogen and oxygen atoms in total. The fourth-order valence-corrected chi connectivity index (χ4v) is 1.42. The predicted octanol–water partition coefficient (Wildman–Crippen LogP) is 1.79. The van der Waals surface area contributed by atoms with Crippen molar-refractivity contribution in [2.45, 2.75) is 0 Å². The zero-order chi connectivity index (χ0) is 13.0.